The summed E-state index contributed by atoms with van der Waals surface area (Å²) in [7, 11) is 0. The van der Waals surface area contributed by atoms with Crippen LogP contribution in [0.4, 0.5) is 5.69 Å². The van der Waals surface area contributed by atoms with Crippen molar-refractivity contribution < 1.29 is 9.90 Å². The van der Waals surface area contributed by atoms with E-state index >= 15 is 0 Å². The van der Waals surface area contributed by atoms with E-state index in [9.17, 15) is 9.90 Å². The van der Waals surface area contributed by atoms with Gasteiger partial charge in [-0.2, -0.15) is 0 Å². The normalized spacial score (nSPS) is 21.6. The minimum absolute atomic E-state index is 0.0162. The van der Waals surface area contributed by atoms with Crippen LogP contribution in [0.25, 0.3) is 0 Å². The highest BCUT2D eigenvalue weighted by Crippen LogP contribution is 2.36. The molecule has 1 amide bonds. The molecule has 6 heteroatoms. The second-order valence-corrected chi connectivity index (χ2v) is 6.59. The van der Waals surface area contributed by atoms with Gasteiger partial charge in [0.25, 0.3) is 5.91 Å². The number of aromatic nitrogens is 2. The lowest BCUT2D eigenvalue weighted by Gasteiger charge is -2.23. The minimum atomic E-state index is -0.561. The van der Waals surface area contributed by atoms with Crippen molar-refractivity contribution in [2.24, 2.45) is 0 Å². The van der Waals surface area contributed by atoms with Crippen LogP contribution in [-0.4, -0.2) is 57.7 Å². The van der Waals surface area contributed by atoms with Crippen LogP contribution in [0, 0.1) is 0 Å². The highest BCUT2D eigenvalue weighted by Gasteiger charge is 2.30. The standard InChI is InChI=1S/C18H22N4O2/c23-16-12-20(14-5-7-19-8-6-14)10-11-21(13-16)18(24)17-2-1-9-22(17)15-3-4-15/h1-2,5-9,15-16,23H,3-4,10-13H2/t16-/m1/s1. The number of rotatable bonds is 3. The van der Waals surface area contributed by atoms with Crippen LogP contribution in [0.2, 0.25) is 0 Å². The topological polar surface area (TPSA) is 61.6 Å². The minimum Gasteiger partial charge on any atom is -0.389 e. The number of hydrogen-bond donors (Lipinski definition) is 1. The summed E-state index contributed by atoms with van der Waals surface area (Å²) in [5.74, 6) is 0.0162. The lowest BCUT2D eigenvalue weighted by molar-refractivity contribution is 0.0663. The van der Waals surface area contributed by atoms with E-state index in [1.807, 2.05) is 30.5 Å². The Kier molecular flexibility index (Phi) is 3.98. The number of nitrogens with zero attached hydrogens (tertiary/aromatic N) is 4. The lowest BCUT2D eigenvalue weighted by Crippen LogP contribution is -2.38. The summed E-state index contributed by atoms with van der Waals surface area (Å²) < 4.78 is 2.08. The fraction of sp³-hybridized carbons (Fsp3) is 0.444. The first-order chi connectivity index (χ1) is 11.7. The second kappa shape index (κ2) is 6.28. The van der Waals surface area contributed by atoms with Gasteiger partial charge in [0.2, 0.25) is 0 Å². The van der Waals surface area contributed by atoms with E-state index in [1.54, 1.807) is 17.3 Å². The first kappa shape index (κ1) is 15.2. The first-order valence-corrected chi connectivity index (χ1v) is 8.51. The molecule has 2 aromatic rings. The number of aliphatic hydroxyl groups is 1. The summed E-state index contributed by atoms with van der Waals surface area (Å²) in [5.41, 5.74) is 1.77. The number of β-amino-alcohol motifs (C(OH)–C–C–N with tert-alkyl or cyclic N) is 1. The Morgan fingerprint density at radius 3 is 2.67 bits per heavy atom. The maximum absolute atomic E-state index is 12.9. The van der Waals surface area contributed by atoms with Gasteiger partial charge in [0, 0.05) is 56.5 Å². The first-order valence-electron chi connectivity index (χ1n) is 8.51. The summed E-state index contributed by atoms with van der Waals surface area (Å²) in [6, 6.07) is 8.16. The Bertz CT molecular complexity index is 711. The molecule has 0 unspecified atom stereocenters. The molecule has 1 saturated carbocycles. The van der Waals surface area contributed by atoms with E-state index in [-0.39, 0.29) is 5.91 Å². The molecule has 1 aliphatic carbocycles. The zero-order valence-corrected chi connectivity index (χ0v) is 13.6. The molecule has 4 rings (SSSR count). The molecule has 2 aromatic heterocycles. The van der Waals surface area contributed by atoms with Gasteiger partial charge in [0.05, 0.1) is 6.10 Å². The molecule has 3 heterocycles. The molecule has 1 N–H and O–H groups in total. The quantitative estimate of drug-likeness (QED) is 0.929. The van der Waals surface area contributed by atoms with Crippen molar-refractivity contribution in [2.75, 3.05) is 31.1 Å². The van der Waals surface area contributed by atoms with Gasteiger partial charge >= 0.3 is 0 Å². The van der Waals surface area contributed by atoms with E-state index in [2.05, 4.69) is 14.5 Å². The third-order valence-corrected chi connectivity index (χ3v) is 4.76. The highest BCUT2D eigenvalue weighted by molar-refractivity contribution is 5.93. The highest BCUT2D eigenvalue weighted by atomic mass is 16.3. The molecule has 1 aliphatic heterocycles. The molecule has 24 heavy (non-hydrogen) atoms. The van der Waals surface area contributed by atoms with Gasteiger partial charge in [-0.25, -0.2) is 0 Å². The smallest absolute Gasteiger partial charge is 0.270 e. The number of aliphatic hydroxyl groups excluding tert-OH is 1. The van der Waals surface area contributed by atoms with Crippen LogP contribution in [-0.2, 0) is 0 Å². The SMILES string of the molecule is O=C(c1cccn1C1CC1)N1CCN(c2ccncc2)C[C@@H](O)C1. The van der Waals surface area contributed by atoms with Crippen LogP contribution >= 0.6 is 0 Å². The number of amides is 1. The zero-order valence-electron chi connectivity index (χ0n) is 13.6. The average Bonchev–Trinajstić information content (AvgIpc) is 3.37. The van der Waals surface area contributed by atoms with Gasteiger partial charge in [-0.1, -0.05) is 0 Å². The van der Waals surface area contributed by atoms with Crippen molar-refractivity contribution in [1.29, 1.82) is 0 Å². The van der Waals surface area contributed by atoms with E-state index in [0.29, 0.717) is 32.2 Å². The van der Waals surface area contributed by atoms with Crippen LogP contribution < -0.4 is 4.90 Å². The van der Waals surface area contributed by atoms with Gasteiger partial charge in [0.1, 0.15) is 5.69 Å². The molecule has 2 fully saturated rings. The number of pyridine rings is 1. The molecule has 0 spiro atoms. The Balaban J connectivity index is 1.50. The Morgan fingerprint density at radius 1 is 1.12 bits per heavy atom. The average molecular weight is 326 g/mol. The Morgan fingerprint density at radius 2 is 1.92 bits per heavy atom. The van der Waals surface area contributed by atoms with E-state index in [4.69, 9.17) is 0 Å². The largest absolute Gasteiger partial charge is 0.389 e. The van der Waals surface area contributed by atoms with E-state index in [1.165, 1.54) is 0 Å². The molecule has 126 valence electrons. The van der Waals surface area contributed by atoms with Gasteiger partial charge in [-0.05, 0) is 37.1 Å². The number of carbonyl (C=O) groups excluding carboxylic acids is 1. The predicted molar refractivity (Wildman–Crippen MR) is 91.1 cm³/mol. The molecular formula is C18H22N4O2. The van der Waals surface area contributed by atoms with Crippen molar-refractivity contribution in [3.63, 3.8) is 0 Å². The maximum Gasteiger partial charge on any atom is 0.270 e. The molecule has 0 radical (unpaired) electrons. The third-order valence-electron chi connectivity index (χ3n) is 4.76. The molecule has 2 aliphatic rings. The van der Waals surface area contributed by atoms with Gasteiger partial charge in [-0.15, -0.1) is 0 Å². The maximum atomic E-state index is 12.9. The van der Waals surface area contributed by atoms with Crippen molar-refractivity contribution in [3.8, 4) is 0 Å². The monoisotopic (exact) mass is 326 g/mol. The fourth-order valence-corrected chi connectivity index (χ4v) is 3.37. The summed E-state index contributed by atoms with van der Waals surface area (Å²) in [5, 5.41) is 10.4. The van der Waals surface area contributed by atoms with Crippen LogP contribution in [0.1, 0.15) is 29.4 Å². The number of anilines is 1. The van der Waals surface area contributed by atoms with Gasteiger partial charge < -0.3 is 19.5 Å². The van der Waals surface area contributed by atoms with E-state index in [0.717, 1.165) is 24.2 Å². The number of carbonyl (C=O) groups is 1. The van der Waals surface area contributed by atoms with Crippen LogP contribution in [0.5, 0.6) is 0 Å². The Hall–Kier alpha value is -2.34. The molecule has 6 nitrogen and oxygen atoms in total. The molecule has 1 atom stereocenters. The summed E-state index contributed by atoms with van der Waals surface area (Å²) in [6.07, 6.45) is 7.22. The fourth-order valence-electron chi connectivity index (χ4n) is 3.37. The lowest BCUT2D eigenvalue weighted by atomic mass is 10.3. The second-order valence-electron chi connectivity index (χ2n) is 6.59. The third kappa shape index (κ3) is 3.01. The summed E-state index contributed by atoms with van der Waals surface area (Å²) in [6.45, 7) is 2.21. The van der Waals surface area contributed by atoms with Crippen molar-refractivity contribution in [2.45, 2.75) is 25.0 Å². The molecule has 0 aromatic carbocycles. The summed E-state index contributed by atoms with van der Waals surface area (Å²) in [4.78, 5) is 20.8. The number of hydrogen-bond acceptors (Lipinski definition) is 4. The van der Waals surface area contributed by atoms with Crippen LogP contribution in [0.15, 0.2) is 42.9 Å². The van der Waals surface area contributed by atoms with Crippen LogP contribution in [0.3, 0.4) is 0 Å². The van der Waals surface area contributed by atoms with Crippen molar-refractivity contribution in [3.05, 3.63) is 48.5 Å². The van der Waals surface area contributed by atoms with Gasteiger partial charge in [0.15, 0.2) is 0 Å². The van der Waals surface area contributed by atoms with Gasteiger partial charge in [-0.3, -0.25) is 9.78 Å². The summed E-state index contributed by atoms with van der Waals surface area (Å²) >= 11 is 0. The van der Waals surface area contributed by atoms with Crippen molar-refractivity contribution >= 4 is 11.6 Å². The predicted octanol–water partition coefficient (Wildman–Crippen LogP) is 1.54. The van der Waals surface area contributed by atoms with Crippen molar-refractivity contribution in [1.82, 2.24) is 14.5 Å². The zero-order chi connectivity index (χ0) is 16.5. The molecule has 0 bridgehead atoms. The van der Waals surface area contributed by atoms with E-state index < -0.39 is 6.10 Å². The molecule has 1 saturated heterocycles. The molecular weight excluding hydrogens is 304 g/mol. The Labute approximate surface area is 141 Å².